The molecule has 1 N–H and O–H groups in total. The molecule has 0 atom stereocenters. The fourth-order valence-corrected chi connectivity index (χ4v) is 0.339. The van der Waals surface area contributed by atoms with E-state index in [2.05, 4.69) is 15.1 Å². The number of methoxy groups -OCH3 is 1. The van der Waals surface area contributed by atoms with E-state index in [1.54, 1.807) is 0 Å². The maximum Gasteiger partial charge on any atom is 0.349 e. The zero-order valence-electron chi connectivity index (χ0n) is 6.29. The predicted molar refractivity (Wildman–Crippen MR) is 36.3 cm³/mol. The molecule has 0 aliphatic rings. The second kappa shape index (κ2) is 5.43. The molecule has 0 unspecified atom stereocenters. The van der Waals surface area contributed by atoms with Gasteiger partial charge >= 0.3 is 11.9 Å². The van der Waals surface area contributed by atoms with Gasteiger partial charge in [0.25, 0.3) is 0 Å². The van der Waals surface area contributed by atoms with Gasteiger partial charge in [0.05, 0.1) is 7.11 Å². The van der Waals surface area contributed by atoms with Gasteiger partial charge in [0.15, 0.2) is 0 Å². The van der Waals surface area contributed by atoms with E-state index in [0.29, 0.717) is 0 Å². The molecule has 62 valence electrons. The quantitative estimate of drug-likeness (QED) is 0.338. The molecule has 0 aromatic carbocycles. The molecule has 0 saturated heterocycles. The van der Waals surface area contributed by atoms with Crippen LogP contribution in [0.1, 0.15) is 0 Å². The highest BCUT2D eigenvalue weighted by Gasteiger charge is 1.96. The molecule has 0 aromatic rings. The lowest BCUT2D eigenvalue weighted by molar-refractivity contribution is -0.144. The zero-order valence-corrected chi connectivity index (χ0v) is 6.29. The first kappa shape index (κ1) is 9.64. The zero-order chi connectivity index (χ0) is 8.69. The number of carbonyl (C=O) groups excluding carboxylic acids is 2. The molecule has 0 spiro atoms. The fraction of sp³-hybridized carbons (Fsp3) is 0.333. The number of esters is 1. The Balaban J connectivity index is 3.73. The Morgan fingerprint density at radius 1 is 1.27 bits per heavy atom. The third-order valence-corrected chi connectivity index (χ3v) is 0.759. The number of ether oxygens (including phenoxy) is 1. The van der Waals surface area contributed by atoms with E-state index in [1.807, 2.05) is 0 Å². The minimum Gasteiger partial charge on any atom is -0.466 e. The smallest absolute Gasteiger partial charge is 0.349 e. The largest absolute Gasteiger partial charge is 0.466 e. The molecule has 0 aliphatic carbocycles. The van der Waals surface area contributed by atoms with Crippen molar-refractivity contribution in [2.24, 2.45) is 0 Å². The molecule has 0 saturated carbocycles. The highest BCUT2D eigenvalue weighted by atomic mass is 16.7. The van der Waals surface area contributed by atoms with Crippen molar-refractivity contribution in [3.05, 3.63) is 12.2 Å². The van der Waals surface area contributed by atoms with Crippen molar-refractivity contribution in [1.82, 2.24) is 5.48 Å². The summed E-state index contributed by atoms with van der Waals surface area (Å²) in [5, 5.41) is 0. The van der Waals surface area contributed by atoms with E-state index < -0.39 is 11.9 Å². The molecular formula is C6H9NO4. The lowest BCUT2D eigenvalue weighted by Crippen LogP contribution is -2.13. The monoisotopic (exact) mass is 159 g/mol. The van der Waals surface area contributed by atoms with Crippen LogP contribution in [0, 0.1) is 0 Å². The molecule has 5 heteroatoms. The Morgan fingerprint density at radius 3 is 2.27 bits per heavy atom. The van der Waals surface area contributed by atoms with Crippen LogP contribution in [-0.4, -0.2) is 26.1 Å². The molecule has 0 rings (SSSR count). The van der Waals surface area contributed by atoms with Crippen molar-refractivity contribution in [1.29, 1.82) is 0 Å². The standard InChI is InChI=1S/C6H9NO4/c1-7-11-6(9)4-3-5(8)10-2/h3-4,7H,1-2H3/b4-3+. The average Bonchev–Trinajstić information content (AvgIpc) is 2.01. The van der Waals surface area contributed by atoms with Gasteiger partial charge in [-0.15, -0.1) is 0 Å². The minimum absolute atomic E-state index is 0.599. The third-order valence-electron chi connectivity index (χ3n) is 0.759. The predicted octanol–water partition coefficient (Wildman–Crippen LogP) is -0.607. The lowest BCUT2D eigenvalue weighted by atomic mass is 10.5. The molecule has 0 aliphatic heterocycles. The summed E-state index contributed by atoms with van der Waals surface area (Å²) >= 11 is 0. The fourth-order valence-electron chi connectivity index (χ4n) is 0.339. The summed E-state index contributed by atoms with van der Waals surface area (Å²) in [5.41, 5.74) is 2.16. The van der Waals surface area contributed by atoms with E-state index in [0.717, 1.165) is 12.2 Å². The van der Waals surface area contributed by atoms with Crippen molar-refractivity contribution in [3.63, 3.8) is 0 Å². The Kier molecular flexibility index (Phi) is 4.76. The van der Waals surface area contributed by atoms with Gasteiger partial charge in [-0.2, -0.15) is 5.48 Å². The number of carbonyl (C=O) groups is 2. The van der Waals surface area contributed by atoms with E-state index in [4.69, 9.17) is 0 Å². The molecule has 0 heterocycles. The van der Waals surface area contributed by atoms with Crippen molar-refractivity contribution in [3.8, 4) is 0 Å². The lowest BCUT2D eigenvalue weighted by Gasteiger charge is -1.93. The Hall–Kier alpha value is -1.36. The first-order chi connectivity index (χ1) is 5.20. The van der Waals surface area contributed by atoms with Crippen LogP contribution in [0.3, 0.4) is 0 Å². The second-order valence-corrected chi connectivity index (χ2v) is 1.48. The third kappa shape index (κ3) is 5.10. The van der Waals surface area contributed by atoms with Crippen LogP contribution in [-0.2, 0) is 19.2 Å². The van der Waals surface area contributed by atoms with E-state index in [-0.39, 0.29) is 0 Å². The molecule has 0 amide bonds. The summed E-state index contributed by atoms with van der Waals surface area (Å²) in [5.74, 6) is -1.25. The van der Waals surface area contributed by atoms with Gasteiger partial charge in [-0.25, -0.2) is 9.59 Å². The maximum absolute atomic E-state index is 10.5. The number of hydroxylamine groups is 1. The van der Waals surface area contributed by atoms with Crippen LogP contribution in [0.2, 0.25) is 0 Å². The van der Waals surface area contributed by atoms with Gasteiger partial charge in [0.1, 0.15) is 0 Å². The van der Waals surface area contributed by atoms with Crippen LogP contribution in [0.5, 0.6) is 0 Å². The van der Waals surface area contributed by atoms with Crippen molar-refractivity contribution in [2.75, 3.05) is 14.2 Å². The number of hydrogen-bond donors (Lipinski definition) is 1. The van der Waals surface area contributed by atoms with Gasteiger partial charge in [-0.05, 0) is 0 Å². The summed E-state index contributed by atoms with van der Waals surface area (Å²) in [6.45, 7) is 0. The molecule has 0 radical (unpaired) electrons. The van der Waals surface area contributed by atoms with Crippen molar-refractivity contribution < 1.29 is 19.2 Å². The van der Waals surface area contributed by atoms with E-state index in [9.17, 15) is 9.59 Å². The summed E-state index contributed by atoms with van der Waals surface area (Å²) in [6, 6.07) is 0. The first-order valence-corrected chi connectivity index (χ1v) is 2.84. The van der Waals surface area contributed by atoms with Crippen molar-refractivity contribution in [2.45, 2.75) is 0 Å². The maximum atomic E-state index is 10.5. The van der Waals surface area contributed by atoms with Crippen LogP contribution < -0.4 is 5.48 Å². The Morgan fingerprint density at radius 2 is 1.82 bits per heavy atom. The summed E-state index contributed by atoms with van der Waals surface area (Å²) in [6.07, 6.45) is 1.93. The van der Waals surface area contributed by atoms with Gasteiger partial charge in [-0.3, -0.25) is 0 Å². The van der Waals surface area contributed by atoms with E-state index in [1.165, 1.54) is 14.2 Å². The van der Waals surface area contributed by atoms with Crippen molar-refractivity contribution >= 4 is 11.9 Å². The normalized spacial score (nSPS) is 9.64. The van der Waals surface area contributed by atoms with Gasteiger partial charge in [0, 0.05) is 19.2 Å². The topological polar surface area (TPSA) is 64.6 Å². The first-order valence-electron chi connectivity index (χ1n) is 2.84. The minimum atomic E-state index is -0.655. The van der Waals surface area contributed by atoms with Gasteiger partial charge in [0.2, 0.25) is 0 Å². The highest BCUT2D eigenvalue weighted by molar-refractivity contribution is 5.91. The summed E-state index contributed by atoms with van der Waals surface area (Å²) in [7, 11) is 2.65. The SMILES string of the molecule is CNOC(=O)/C=C/C(=O)OC. The molecular weight excluding hydrogens is 150 g/mol. The van der Waals surface area contributed by atoms with Crippen LogP contribution in [0.4, 0.5) is 0 Å². The molecule has 0 bridgehead atoms. The van der Waals surface area contributed by atoms with Crippen LogP contribution >= 0.6 is 0 Å². The average molecular weight is 159 g/mol. The van der Waals surface area contributed by atoms with Gasteiger partial charge in [-0.1, -0.05) is 0 Å². The summed E-state index contributed by atoms with van der Waals surface area (Å²) in [4.78, 5) is 25.1. The Labute approximate surface area is 63.9 Å². The van der Waals surface area contributed by atoms with E-state index >= 15 is 0 Å². The van der Waals surface area contributed by atoms with Crippen LogP contribution in [0.25, 0.3) is 0 Å². The van der Waals surface area contributed by atoms with Gasteiger partial charge < -0.3 is 9.57 Å². The van der Waals surface area contributed by atoms with Crippen LogP contribution in [0.15, 0.2) is 12.2 Å². The molecule has 0 fully saturated rings. The molecule has 0 aromatic heterocycles. The highest BCUT2D eigenvalue weighted by Crippen LogP contribution is 1.80. The molecule has 5 nitrogen and oxygen atoms in total. The number of nitrogens with one attached hydrogen (secondary N) is 1. The number of hydrogen-bond acceptors (Lipinski definition) is 5. The summed E-state index contributed by atoms with van der Waals surface area (Å²) < 4.78 is 4.22. The second-order valence-electron chi connectivity index (χ2n) is 1.48. The Bertz CT molecular complexity index is 175. The molecule has 11 heavy (non-hydrogen) atoms. The number of rotatable bonds is 3.